The average molecular weight is 255 g/mol. The molecule has 0 aliphatic carbocycles. The molecule has 102 valence electrons. The summed E-state index contributed by atoms with van der Waals surface area (Å²) in [6, 6.07) is 0. The Balaban J connectivity index is 2.42. The highest BCUT2D eigenvalue weighted by Gasteiger charge is 2.13. The Bertz CT molecular complexity index is 402. The number of aryl methyl sites for hydroxylation is 2. The van der Waals surface area contributed by atoms with E-state index in [2.05, 4.69) is 10.4 Å². The number of carbonyl (C=O) groups is 1. The third-order valence-corrected chi connectivity index (χ3v) is 2.60. The van der Waals surface area contributed by atoms with Crippen LogP contribution in [0.2, 0.25) is 0 Å². The fourth-order valence-electron chi connectivity index (χ4n) is 1.78. The third-order valence-electron chi connectivity index (χ3n) is 2.60. The molecule has 0 aliphatic heterocycles. The summed E-state index contributed by atoms with van der Waals surface area (Å²) >= 11 is 0. The lowest BCUT2D eigenvalue weighted by atomic mass is 10.2. The van der Waals surface area contributed by atoms with Gasteiger partial charge < -0.3 is 14.8 Å². The van der Waals surface area contributed by atoms with E-state index in [1.54, 1.807) is 18.7 Å². The van der Waals surface area contributed by atoms with Gasteiger partial charge in [-0.05, 0) is 13.8 Å². The van der Waals surface area contributed by atoms with Gasteiger partial charge in [0.2, 0.25) is 5.88 Å². The molecule has 1 heterocycles. The summed E-state index contributed by atoms with van der Waals surface area (Å²) in [5, 5.41) is 7.47. The molecule has 0 unspecified atom stereocenters. The first-order chi connectivity index (χ1) is 8.60. The summed E-state index contributed by atoms with van der Waals surface area (Å²) in [5.74, 6) is 0.566. The maximum absolute atomic E-state index is 11.1. The number of esters is 1. The Kier molecular flexibility index (Phi) is 5.64. The Morgan fingerprint density at radius 1 is 1.50 bits per heavy atom. The molecular formula is C12H21N3O3. The quantitative estimate of drug-likeness (QED) is 0.576. The summed E-state index contributed by atoms with van der Waals surface area (Å²) in [7, 11) is 3.46. The van der Waals surface area contributed by atoms with Crippen molar-refractivity contribution >= 4 is 5.97 Å². The Morgan fingerprint density at radius 3 is 2.83 bits per heavy atom. The monoisotopic (exact) mass is 255 g/mol. The van der Waals surface area contributed by atoms with Gasteiger partial charge in [-0.1, -0.05) is 0 Å². The predicted molar refractivity (Wildman–Crippen MR) is 67.5 cm³/mol. The van der Waals surface area contributed by atoms with E-state index in [9.17, 15) is 4.79 Å². The predicted octanol–water partition coefficient (Wildman–Crippen LogP) is 0.780. The van der Waals surface area contributed by atoms with Crippen LogP contribution in [0.4, 0.5) is 0 Å². The van der Waals surface area contributed by atoms with Crippen molar-refractivity contribution in [3.8, 4) is 5.88 Å². The lowest BCUT2D eigenvalue weighted by molar-refractivity contribution is -0.142. The van der Waals surface area contributed by atoms with E-state index in [4.69, 9.17) is 9.47 Å². The molecule has 0 amide bonds. The zero-order chi connectivity index (χ0) is 13.5. The maximum atomic E-state index is 11.1. The number of nitrogens with zero attached hydrogens (tertiary/aromatic N) is 2. The van der Waals surface area contributed by atoms with Gasteiger partial charge in [0.05, 0.1) is 31.4 Å². The van der Waals surface area contributed by atoms with Gasteiger partial charge in [-0.25, -0.2) is 4.68 Å². The molecule has 0 spiro atoms. The summed E-state index contributed by atoms with van der Waals surface area (Å²) in [6.07, 6.45) is 0.371. The zero-order valence-corrected chi connectivity index (χ0v) is 11.4. The van der Waals surface area contributed by atoms with Gasteiger partial charge in [0.1, 0.15) is 0 Å². The Labute approximate surface area is 107 Å². The minimum Gasteiger partial charge on any atom is -0.481 e. The number of hydrogen-bond acceptors (Lipinski definition) is 5. The van der Waals surface area contributed by atoms with Gasteiger partial charge in [-0.2, -0.15) is 5.10 Å². The Morgan fingerprint density at radius 2 is 2.22 bits per heavy atom. The van der Waals surface area contributed by atoms with E-state index in [0.717, 1.165) is 17.1 Å². The van der Waals surface area contributed by atoms with E-state index in [1.807, 2.05) is 14.0 Å². The first-order valence-electron chi connectivity index (χ1n) is 6.03. The lowest BCUT2D eigenvalue weighted by Crippen LogP contribution is -2.19. The molecule has 1 rings (SSSR count). The van der Waals surface area contributed by atoms with Crippen molar-refractivity contribution in [3.63, 3.8) is 0 Å². The van der Waals surface area contributed by atoms with Crippen LogP contribution in [0, 0.1) is 6.92 Å². The first-order valence-corrected chi connectivity index (χ1v) is 6.03. The van der Waals surface area contributed by atoms with E-state index in [-0.39, 0.29) is 5.97 Å². The van der Waals surface area contributed by atoms with Crippen LogP contribution in [0.1, 0.15) is 24.6 Å². The van der Waals surface area contributed by atoms with E-state index in [1.165, 1.54) is 0 Å². The molecule has 0 saturated carbocycles. The molecule has 0 radical (unpaired) electrons. The van der Waals surface area contributed by atoms with Gasteiger partial charge in [-0.3, -0.25) is 4.79 Å². The van der Waals surface area contributed by atoms with Crippen molar-refractivity contribution in [1.29, 1.82) is 0 Å². The SMILES string of the molecule is CCOC(=O)CCNCc1c(C)nn(C)c1OC. The molecule has 1 aromatic rings. The van der Waals surface area contributed by atoms with Crippen molar-refractivity contribution in [2.24, 2.45) is 7.05 Å². The van der Waals surface area contributed by atoms with Gasteiger partial charge >= 0.3 is 5.97 Å². The van der Waals surface area contributed by atoms with Gasteiger partial charge in [-0.15, -0.1) is 0 Å². The molecule has 0 aliphatic rings. The third kappa shape index (κ3) is 3.73. The largest absolute Gasteiger partial charge is 0.481 e. The second kappa shape index (κ2) is 7.00. The topological polar surface area (TPSA) is 65.4 Å². The first kappa shape index (κ1) is 14.5. The summed E-state index contributed by atoms with van der Waals surface area (Å²) in [4.78, 5) is 11.1. The number of nitrogens with one attached hydrogen (secondary N) is 1. The second-order valence-corrected chi connectivity index (χ2v) is 3.93. The van der Waals surface area contributed by atoms with Crippen LogP contribution in [-0.2, 0) is 23.1 Å². The molecule has 1 N–H and O–H groups in total. The molecule has 0 atom stereocenters. The van der Waals surface area contributed by atoms with Crippen molar-refractivity contribution in [2.45, 2.75) is 26.8 Å². The number of ether oxygens (including phenoxy) is 2. The highest BCUT2D eigenvalue weighted by atomic mass is 16.5. The van der Waals surface area contributed by atoms with Crippen molar-refractivity contribution in [3.05, 3.63) is 11.3 Å². The fourth-order valence-corrected chi connectivity index (χ4v) is 1.78. The van der Waals surface area contributed by atoms with Gasteiger partial charge in [0.25, 0.3) is 0 Å². The molecule has 6 nitrogen and oxygen atoms in total. The Hall–Kier alpha value is -1.56. The summed E-state index contributed by atoms with van der Waals surface area (Å²) < 4.78 is 11.8. The molecule has 0 aromatic carbocycles. The number of carbonyl (C=O) groups excluding carboxylic acids is 1. The molecule has 18 heavy (non-hydrogen) atoms. The summed E-state index contributed by atoms with van der Waals surface area (Å²) in [6.45, 7) is 5.37. The number of methoxy groups -OCH3 is 1. The minimum absolute atomic E-state index is 0.181. The van der Waals surface area contributed by atoms with Gasteiger partial charge in [0, 0.05) is 20.1 Å². The molecular weight excluding hydrogens is 234 g/mol. The highest BCUT2D eigenvalue weighted by molar-refractivity contribution is 5.69. The van der Waals surface area contributed by atoms with Crippen LogP contribution in [0.25, 0.3) is 0 Å². The molecule has 0 bridgehead atoms. The number of rotatable bonds is 7. The lowest BCUT2D eigenvalue weighted by Gasteiger charge is -2.06. The molecule has 0 saturated heterocycles. The van der Waals surface area contributed by atoms with Crippen molar-refractivity contribution in [2.75, 3.05) is 20.3 Å². The number of hydrogen-bond donors (Lipinski definition) is 1. The minimum atomic E-state index is -0.181. The van der Waals surface area contributed by atoms with Crippen LogP contribution in [0.3, 0.4) is 0 Å². The standard InChI is InChI=1S/C12H21N3O3/c1-5-18-11(16)6-7-13-8-10-9(2)14-15(3)12(10)17-4/h13H,5-8H2,1-4H3. The number of aromatic nitrogens is 2. The maximum Gasteiger partial charge on any atom is 0.307 e. The van der Waals surface area contributed by atoms with E-state index < -0.39 is 0 Å². The van der Waals surface area contributed by atoms with Crippen molar-refractivity contribution < 1.29 is 14.3 Å². The smallest absolute Gasteiger partial charge is 0.307 e. The van der Waals surface area contributed by atoms with Crippen LogP contribution in [-0.4, -0.2) is 36.0 Å². The average Bonchev–Trinajstić information content (AvgIpc) is 2.59. The van der Waals surface area contributed by atoms with Crippen molar-refractivity contribution in [1.82, 2.24) is 15.1 Å². The van der Waals surface area contributed by atoms with E-state index in [0.29, 0.717) is 26.1 Å². The summed E-state index contributed by atoms with van der Waals surface area (Å²) in [5.41, 5.74) is 1.95. The van der Waals surface area contributed by atoms with Gasteiger partial charge in [0.15, 0.2) is 0 Å². The highest BCUT2D eigenvalue weighted by Crippen LogP contribution is 2.20. The van der Waals surface area contributed by atoms with Crippen LogP contribution < -0.4 is 10.1 Å². The van der Waals surface area contributed by atoms with Crippen LogP contribution in [0.15, 0.2) is 0 Å². The fraction of sp³-hybridized carbons (Fsp3) is 0.667. The second-order valence-electron chi connectivity index (χ2n) is 3.93. The zero-order valence-electron chi connectivity index (χ0n) is 11.4. The molecule has 6 heteroatoms. The van der Waals surface area contributed by atoms with Crippen LogP contribution in [0.5, 0.6) is 5.88 Å². The molecule has 1 aromatic heterocycles. The van der Waals surface area contributed by atoms with E-state index >= 15 is 0 Å². The molecule has 0 fully saturated rings. The normalized spacial score (nSPS) is 10.4. The van der Waals surface area contributed by atoms with Crippen LogP contribution >= 0.6 is 0 Å².